The van der Waals surface area contributed by atoms with Gasteiger partial charge in [0.2, 0.25) is 0 Å². The quantitative estimate of drug-likeness (QED) is 0.816. The summed E-state index contributed by atoms with van der Waals surface area (Å²) < 4.78 is 40.7. The fourth-order valence-electron chi connectivity index (χ4n) is 1.57. The van der Waals surface area contributed by atoms with Crippen molar-refractivity contribution in [2.75, 3.05) is 11.1 Å². The van der Waals surface area contributed by atoms with E-state index >= 15 is 0 Å². The Bertz CT molecular complexity index is 671. The Morgan fingerprint density at radius 2 is 1.90 bits per heavy atom. The fraction of sp³-hybridized carbons (Fsp3) is 0. The second-order valence-corrected chi connectivity index (χ2v) is 4.76. The Balaban J connectivity index is 2.39. The molecule has 0 saturated carbocycles. The van der Waals surface area contributed by atoms with Crippen LogP contribution in [0.4, 0.5) is 24.5 Å². The van der Waals surface area contributed by atoms with E-state index in [0.717, 1.165) is 12.1 Å². The van der Waals surface area contributed by atoms with Crippen LogP contribution in [0.15, 0.2) is 34.8 Å². The first-order valence-electron chi connectivity index (χ1n) is 5.40. The Morgan fingerprint density at radius 3 is 2.55 bits per heavy atom. The minimum Gasteiger partial charge on any atom is -0.396 e. The summed E-state index contributed by atoms with van der Waals surface area (Å²) in [5.74, 6) is -3.63. The van der Waals surface area contributed by atoms with Crippen LogP contribution in [-0.4, -0.2) is 5.91 Å². The molecule has 2 aromatic carbocycles. The molecule has 7 heteroatoms. The van der Waals surface area contributed by atoms with E-state index in [-0.39, 0.29) is 10.2 Å². The van der Waals surface area contributed by atoms with Gasteiger partial charge >= 0.3 is 0 Å². The predicted molar refractivity (Wildman–Crippen MR) is 72.8 cm³/mol. The van der Waals surface area contributed by atoms with Crippen molar-refractivity contribution in [1.82, 2.24) is 0 Å². The van der Waals surface area contributed by atoms with E-state index in [4.69, 9.17) is 5.73 Å². The van der Waals surface area contributed by atoms with Crippen molar-refractivity contribution >= 4 is 33.2 Å². The summed E-state index contributed by atoms with van der Waals surface area (Å²) in [7, 11) is 0. The van der Waals surface area contributed by atoms with Crippen molar-refractivity contribution in [3.05, 3.63) is 57.8 Å². The smallest absolute Gasteiger partial charge is 0.258 e. The van der Waals surface area contributed by atoms with Crippen molar-refractivity contribution < 1.29 is 18.0 Å². The van der Waals surface area contributed by atoms with E-state index in [2.05, 4.69) is 21.2 Å². The summed E-state index contributed by atoms with van der Waals surface area (Å²) in [6.45, 7) is 0. The molecule has 0 aliphatic heterocycles. The highest BCUT2D eigenvalue weighted by Gasteiger charge is 2.18. The third-order valence-electron chi connectivity index (χ3n) is 2.51. The first kappa shape index (κ1) is 14.4. The lowest BCUT2D eigenvalue weighted by Gasteiger charge is -2.10. The van der Waals surface area contributed by atoms with Gasteiger partial charge in [0.1, 0.15) is 11.6 Å². The lowest BCUT2D eigenvalue weighted by molar-refractivity contribution is 0.102. The number of nitrogens with two attached hydrogens (primary N) is 1. The Morgan fingerprint density at radius 1 is 1.20 bits per heavy atom. The average Bonchev–Trinajstić information content (AvgIpc) is 2.38. The SMILES string of the molecule is Nc1cc(F)cc(C(=O)Nc2c(F)cccc2Br)c1F. The first-order valence-corrected chi connectivity index (χ1v) is 6.19. The highest BCUT2D eigenvalue weighted by molar-refractivity contribution is 9.10. The Hall–Kier alpha value is -2.02. The number of hydrogen-bond donors (Lipinski definition) is 2. The molecular weight excluding hydrogens is 337 g/mol. The average molecular weight is 345 g/mol. The predicted octanol–water partition coefficient (Wildman–Crippen LogP) is 3.70. The van der Waals surface area contributed by atoms with E-state index in [0.29, 0.717) is 6.07 Å². The third-order valence-corrected chi connectivity index (χ3v) is 3.17. The number of nitrogen functional groups attached to an aromatic ring is 1. The Kier molecular flexibility index (Phi) is 3.99. The molecule has 0 atom stereocenters. The van der Waals surface area contributed by atoms with Crippen LogP contribution in [0.25, 0.3) is 0 Å². The lowest BCUT2D eigenvalue weighted by Crippen LogP contribution is -2.16. The molecule has 0 bridgehead atoms. The molecule has 0 aliphatic rings. The summed E-state index contributed by atoms with van der Waals surface area (Å²) in [6, 6.07) is 5.49. The number of benzene rings is 2. The van der Waals surface area contributed by atoms with Gasteiger partial charge in [-0.05, 0) is 40.2 Å². The van der Waals surface area contributed by atoms with E-state index in [1.165, 1.54) is 12.1 Å². The monoisotopic (exact) mass is 344 g/mol. The van der Waals surface area contributed by atoms with E-state index in [1.807, 2.05) is 0 Å². The van der Waals surface area contributed by atoms with Gasteiger partial charge in [-0.25, -0.2) is 13.2 Å². The van der Waals surface area contributed by atoms with Crippen molar-refractivity contribution in [2.24, 2.45) is 0 Å². The molecule has 0 saturated heterocycles. The van der Waals surface area contributed by atoms with Gasteiger partial charge in [-0.15, -0.1) is 0 Å². The third kappa shape index (κ3) is 2.77. The normalized spacial score (nSPS) is 10.4. The standard InChI is InChI=1S/C13H8BrF3N2O/c14-8-2-1-3-9(16)12(8)19-13(20)7-4-6(15)5-10(18)11(7)17/h1-5H,18H2,(H,19,20). The largest absolute Gasteiger partial charge is 0.396 e. The van der Waals surface area contributed by atoms with Gasteiger partial charge in [0, 0.05) is 4.47 Å². The number of halogens is 4. The first-order chi connectivity index (χ1) is 9.40. The van der Waals surface area contributed by atoms with Crippen LogP contribution in [-0.2, 0) is 0 Å². The molecule has 20 heavy (non-hydrogen) atoms. The van der Waals surface area contributed by atoms with Gasteiger partial charge < -0.3 is 11.1 Å². The van der Waals surface area contributed by atoms with Crippen molar-refractivity contribution in [2.45, 2.75) is 0 Å². The van der Waals surface area contributed by atoms with Crippen molar-refractivity contribution in [3.8, 4) is 0 Å². The fourth-order valence-corrected chi connectivity index (χ4v) is 2.01. The van der Waals surface area contributed by atoms with Crippen LogP contribution >= 0.6 is 15.9 Å². The molecule has 0 heterocycles. The summed E-state index contributed by atoms with van der Waals surface area (Å²) in [6.07, 6.45) is 0. The molecule has 3 nitrogen and oxygen atoms in total. The maximum absolute atomic E-state index is 13.7. The van der Waals surface area contributed by atoms with E-state index < -0.39 is 34.6 Å². The molecule has 104 valence electrons. The van der Waals surface area contributed by atoms with Gasteiger partial charge in [-0.2, -0.15) is 0 Å². The van der Waals surface area contributed by atoms with Gasteiger partial charge in [0.05, 0.1) is 16.9 Å². The summed E-state index contributed by atoms with van der Waals surface area (Å²) in [4.78, 5) is 11.9. The van der Waals surface area contributed by atoms with Crippen molar-refractivity contribution in [1.29, 1.82) is 0 Å². The zero-order valence-corrected chi connectivity index (χ0v) is 11.5. The van der Waals surface area contributed by atoms with E-state index in [9.17, 15) is 18.0 Å². The van der Waals surface area contributed by atoms with Crippen LogP contribution in [0.2, 0.25) is 0 Å². The molecule has 2 rings (SSSR count). The van der Waals surface area contributed by atoms with Gasteiger partial charge in [-0.3, -0.25) is 4.79 Å². The molecule has 0 aliphatic carbocycles. The van der Waals surface area contributed by atoms with Crippen molar-refractivity contribution in [3.63, 3.8) is 0 Å². The van der Waals surface area contributed by atoms with Crippen LogP contribution in [0.3, 0.4) is 0 Å². The summed E-state index contributed by atoms with van der Waals surface area (Å²) in [5, 5.41) is 2.17. The number of nitrogens with one attached hydrogen (secondary N) is 1. The van der Waals surface area contributed by atoms with Crippen LogP contribution < -0.4 is 11.1 Å². The molecule has 0 spiro atoms. The van der Waals surface area contributed by atoms with Gasteiger partial charge in [0.25, 0.3) is 5.91 Å². The molecular formula is C13H8BrF3N2O. The minimum atomic E-state index is -1.06. The number of carbonyl (C=O) groups is 1. The second kappa shape index (κ2) is 5.54. The number of amides is 1. The molecule has 0 radical (unpaired) electrons. The molecule has 1 amide bonds. The maximum Gasteiger partial charge on any atom is 0.258 e. The van der Waals surface area contributed by atoms with E-state index in [1.54, 1.807) is 0 Å². The topological polar surface area (TPSA) is 55.1 Å². The number of hydrogen-bond acceptors (Lipinski definition) is 2. The highest BCUT2D eigenvalue weighted by Crippen LogP contribution is 2.26. The number of rotatable bonds is 2. The molecule has 3 N–H and O–H groups in total. The zero-order valence-electron chi connectivity index (χ0n) is 9.88. The molecule has 0 fully saturated rings. The summed E-state index contributed by atoms with van der Waals surface area (Å²) >= 11 is 3.05. The van der Waals surface area contributed by atoms with Crippen LogP contribution in [0.5, 0.6) is 0 Å². The maximum atomic E-state index is 13.7. The molecule has 0 aromatic heterocycles. The Labute approximate surface area is 120 Å². The highest BCUT2D eigenvalue weighted by atomic mass is 79.9. The molecule has 0 unspecified atom stereocenters. The summed E-state index contributed by atoms with van der Waals surface area (Å²) in [5.41, 5.74) is 3.97. The number of carbonyl (C=O) groups excluding carboxylic acids is 1. The number of anilines is 2. The number of para-hydroxylation sites is 1. The second-order valence-electron chi connectivity index (χ2n) is 3.91. The van der Waals surface area contributed by atoms with Gasteiger partial charge in [-0.1, -0.05) is 6.07 Å². The lowest BCUT2D eigenvalue weighted by atomic mass is 10.1. The van der Waals surface area contributed by atoms with Crippen LogP contribution in [0, 0.1) is 17.5 Å². The zero-order chi connectivity index (χ0) is 14.9. The minimum absolute atomic E-state index is 0.167. The van der Waals surface area contributed by atoms with Gasteiger partial charge in [0.15, 0.2) is 5.82 Å². The molecule has 2 aromatic rings. The van der Waals surface area contributed by atoms with Crippen LogP contribution in [0.1, 0.15) is 10.4 Å².